The molecule has 1 heterocycles. The highest BCUT2D eigenvalue weighted by Gasteiger charge is 2.26. The normalized spacial score (nSPS) is 17.8. The summed E-state index contributed by atoms with van der Waals surface area (Å²) in [5, 5.41) is 11.5. The molecule has 1 fully saturated rings. The Morgan fingerprint density at radius 2 is 2.05 bits per heavy atom. The van der Waals surface area contributed by atoms with E-state index in [1.165, 1.54) is 0 Å². The Morgan fingerprint density at radius 3 is 2.67 bits per heavy atom. The second-order valence-electron chi connectivity index (χ2n) is 5.33. The SMILES string of the molecule is NC(=O)NCc1ccc(C(=O)N2CCC(CCO)C2)cc1. The van der Waals surface area contributed by atoms with Crippen LogP contribution in [0.3, 0.4) is 0 Å². The van der Waals surface area contributed by atoms with Gasteiger partial charge in [-0.25, -0.2) is 4.79 Å². The number of likely N-dealkylation sites (tertiary alicyclic amines) is 1. The summed E-state index contributed by atoms with van der Waals surface area (Å²) in [5.41, 5.74) is 6.54. The summed E-state index contributed by atoms with van der Waals surface area (Å²) in [6, 6.07) is 6.58. The Morgan fingerprint density at radius 1 is 1.33 bits per heavy atom. The molecule has 6 nitrogen and oxygen atoms in total. The number of carbonyl (C=O) groups excluding carboxylic acids is 2. The number of nitrogens with zero attached hydrogens (tertiary/aromatic N) is 1. The predicted octanol–water partition coefficient (Wildman–Crippen LogP) is 0.699. The van der Waals surface area contributed by atoms with Gasteiger partial charge >= 0.3 is 6.03 Å². The molecule has 21 heavy (non-hydrogen) atoms. The van der Waals surface area contributed by atoms with E-state index >= 15 is 0 Å². The maximum Gasteiger partial charge on any atom is 0.312 e. The van der Waals surface area contributed by atoms with E-state index in [0.717, 1.165) is 24.9 Å². The fourth-order valence-electron chi connectivity index (χ4n) is 2.57. The van der Waals surface area contributed by atoms with Crippen LogP contribution >= 0.6 is 0 Å². The van der Waals surface area contributed by atoms with Crippen molar-refractivity contribution < 1.29 is 14.7 Å². The average Bonchev–Trinajstić information content (AvgIpc) is 2.94. The molecule has 1 saturated heterocycles. The maximum atomic E-state index is 12.3. The van der Waals surface area contributed by atoms with Gasteiger partial charge in [-0.05, 0) is 36.5 Å². The monoisotopic (exact) mass is 291 g/mol. The van der Waals surface area contributed by atoms with Crippen LogP contribution in [0.5, 0.6) is 0 Å². The Labute approximate surface area is 123 Å². The summed E-state index contributed by atoms with van der Waals surface area (Å²) < 4.78 is 0. The zero-order chi connectivity index (χ0) is 15.2. The van der Waals surface area contributed by atoms with Crippen LogP contribution in [0.25, 0.3) is 0 Å². The van der Waals surface area contributed by atoms with Gasteiger partial charge in [0.15, 0.2) is 0 Å². The number of aliphatic hydroxyl groups is 1. The molecule has 1 aromatic carbocycles. The van der Waals surface area contributed by atoms with E-state index in [1.54, 1.807) is 12.1 Å². The molecular weight excluding hydrogens is 270 g/mol. The number of aliphatic hydroxyl groups excluding tert-OH is 1. The Bertz CT molecular complexity index is 501. The van der Waals surface area contributed by atoms with Crippen molar-refractivity contribution in [3.63, 3.8) is 0 Å². The van der Waals surface area contributed by atoms with E-state index in [4.69, 9.17) is 10.8 Å². The zero-order valence-corrected chi connectivity index (χ0v) is 11.9. The lowest BCUT2D eigenvalue weighted by Crippen LogP contribution is -2.29. The molecule has 6 heteroatoms. The van der Waals surface area contributed by atoms with Gasteiger partial charge in [0.25, 0.3) is 5.91 Å². The van der Waals surface area contributed by atoms with Crippen LogP contribution in [-0.4, -0.2) is 41.6 Å². The summed E-state index contributed by atoms with van der Waals surface area (Å²) in [5.74, 6) is 0.419. The number of carbonyl (C=O) groups is 2. The molecule has 1 aromatic rings. The highest BCUT2D eigenvalue weighted by Crippen LogP contribution is 2.21. The van der Waals surface area contributed by atoms with Crippen molar-refractivity contribution >= 4 is 11.9 Å². The van der Waals surface area contributed by atoms with E-state index in [0.29, 0.717) is 24.6 Å². The Hall–Kier alpha value is -2.08. The third kappa shape index (κ3) is 4.19. The molecule has 1 unspecified atom stereocenters. The molecule has 0 saturated carbocycles. The smallest absolute Gasteiger partial charge is 0.312 e. The summed E-state index contributed by atoms with van der Waals surface area (Å²) in [6.07, 6.45) is 1.70. The quantitative estimate of drug-likeness (QED) is 0.745. The molecule has 0 aromatic heterocycles. The number of benzene rings is 1. The average molecular weight is 291 g/mol. The van der Waals surface area contributed by atoms with E-state index in [2.05, 4.69) is 5.32 Å². The van der Waals surface area contributed by atoms with Crippen LogP contribution in [0.4, 0.5) is 4.79 Å². The van der Waals surface area contributed by atoms with Gasteiger partial charge in [-0.3, -0.25) is 4.79 Å². The van der Waals surface area contributed by atoms with Gasteiger partial charge in [0.2, 0.25) is 0 Å². The second-order valence-corrected chi connectivity index (χ2v) is 5.33. The van der Waals surface area contributed by atoms with E-state index in [1.807, 2.05) is 17.0 Å². The van der Waals surface area contributed by atoms with Crippen molar-refractivity contribution in [2.75, 3.05) is 19.7 Å². The highest BCUT2D eigenvalue weighted by molar-refractivity contribution is 5.94. The van der Waals surface area contributed by atoms with Gasteiger partial charge in [-0.2, -0.15) is 0 Å². The van der Waals surface area contributed by atoms with E-state index in [-0.39, 0.29) is 12.5 Å². The number of hydrogen-bond donors (Lipinski definition) is 3. The van der Waals surface area contributed by atoms with Crippen LogP contribution in [-0.2, 0) is 6.54 Å². The predicted molar refractivity (Wildman–Crippen MR) is 78.6 cm³/mol. The minimum absolute atomic E-state index is 0.0184. The van der Waals surface area contributed by atoms with Crippen molar-refractivity contribution in [3.05, 3.63) is 35.4 Å². The number of nitrogens with two attached hydrogens (primary N) is 1. The number of nitrogens with one attached hydrogen (secondary N) is 1. The first-order chi connectivity index (χ1) is 10.1. The van der Waals surface area contributed by atoms with Crippen LogP contribution in [0.2, 0.25) is 0 Å². The van der Waals surface area contributed by atoms with Crippen molar-refractivity contribution in [2.24, 2.45) is 11.7 Å². The lowest BCUT2D eigenvalue weighted by Gasteiger charge is -2.16. The van der Waals surface area contributed by atoms with E-state index in [9.17, 15) is 9.59 Å². The van der Waals surface area contributed by atoms with Crippen molar-refractivity contribution in [2.45, 2.75) is 19.4 Å². The zero-order valence-electron chi connectivity index (χ0n) is 11.9. The standard InChI is InChI=1S/C15H21N3O3/c16-15(21)17-9-11-1-3-13(4-2-11)14(20)18-7-5-12(10-18)6-8-19/h1-4,12,19H,5-10H2,(H3,16,17,21). The first kappa shape index (κ1) is 15.3. The van der Waals surface area contributed by atoms with Crippen LogP contribution in [0, 0.1) is 5.92 Å². The maximum absolute atomic E-state index is 12.3. The van der Waals surface area contributed by atoms with Gasteiger partial charge in [-0.1, -0.05) is 12.1 Å². The number of urea groups is 1. The minimum Gasteiger partial charge on any atom is -0.396 e. The fraction of sp³-hybridized carbons (Fsp3) is 0.467. The molecule has 2 rings (SSSR count). The van der Waals surface area contributed by atoms with Crippen molar-refractivity contribution in [1.29, 1.82) is 0 Å². The first-order valence-electron chi connectivity index (χ1n) is 7.12. The van der Waals surface area contributed by atoms with Crippen LogP contribution in [0.15, 0.2) is 24.3 Å². The number of rotatable bonds is 5. The molecular formula is C15H21N3O3. The molecule has 1 atom stereocenters. The highest BCUT2D eigenvalue weighted by atomic mass is 16.3. The third-order valence-electron chi connectivity index (χ3n) is 3.78. The molecule has 0 radical (unpaired) electrons. The Kier molecular flexibility index (Phi) is 5.16. The summed E-state index contributed by atoms with van der Waals surface area (Å²) >= 11 is 0. The van der Waals surface area contributed by atoms with E-state index < -0.39 is 6.03 Å². The fourth-order valence-corrected chi connectivity index (χ4v) is 2.57. The van der Waals surface area contributed by atoms with Gasteiger partial charge in [0, 0.05) is 31.8 Å². The lowest BCUT2D eigenvalue weighted by molar-refractivity contribution is 0.0784. The number of amides is 3. The second kappa shape index (κ2) is 7.08. The van der Waals surface area contributed by atoms with Crippen molar-refractivity contribution in [3.8, 4) is 0 Å². The lowest BCUT2D eigenvalue weighted by atomic mass is 10.1. The van der Waals surface area contributed by atoms with Crippen LogP contribution in [0.1, 0.15) is 28.8 Å². The van der Waals surface area contributed by atoms with Gasteiger partial charge < -0.3 is 21.1 Å². The summed E-state index contributed by atoms with van der Waals surface area (Å²) in [7, 11) is 0. The van der Waals surface area contributed by atoms with Crippen molar-refractivity contribution in [1.82, 2.24) is 10.2 Å². The molecule has 0 aliphatic carbocycles. The summed E-state index contributed by atoms with van der Waals surface area (Å²) in [4.78, 5) is 24.8. The number of primary amides is 1. The Balaban J connectivity index is 1.92. The van der Waals surface area contributed by atoms with Crippen LogP contribution < -0.4 is 11.1 Å². The third-order valence-corrected chi connectivity index (χ3v) is 3.78. The summed E-state index contributed by atoms with van der Waals surface area (Å²) in [6.45, 7) is 1.99. The van der Waals surface area contributed by atoms with Gasteiger partial charge in [-0.15, -0.1) is 0 Å². The number of hydrogen-bond acceptors (Lipinski definition) is 3. The van der Waals surface area contributed by atoms with Gasteiger partial charge in [0.1, 0.15) is 0 Å². The molecule has 4 N–H and O–H groups in total. The van der Waals surface area contributed by atoms with Gasteiger partial charge in [0.05, 0.1) is 0 Å². The molecule has 114 valence electrons. The largest absolute Gasteiger partial charge is 0.396 e. The molecule has 3 amide bonds. The molecule has 1 aliphatic rings. The molecule has 1 aliphatic heterocycles. The molecule has 0 spiro atoms. The molecule has 0 bridgehead atoms. The first-order valence-corrected chi connectivity index (χ1v) is 7.12. The minimum atomic E-state index is -0.567. The topological polar surface area (TPSA) is 95.7 Å².